The van der Waals surface area contributed by atoms with E-state index in [1.807, 2.05) is 0 Å². The Hall–Kier alpha value is -2.02. The van der Waals surface area contributed by atoms with Gasteiger partial charge in [-0.2, -0.15) is 0 Å². The summed E-state index contributed by atoms with van der Waals surface area (Å²) >= 11 is 0. The van der Waals surface area contributed by atoms with Crippen molar-refractivity contribution in [3.05, 3.63) is 29.8 Å². The summed E-state index contributed by atoms with van der Waals surface area (Å²) in [6.07, 6.45) is 2.28. The smallest absolute Gasteiger partial charge is 0.257 e. The van der Waals surface area contributed by atoms with Crippen LogP contribution >= 0.6 is 0 Å². The van der Waals surface area contributed by atoms with Gasteiger partial charge in [0.05, 0.1) is 24.9 Å². The molecule has 0 fully saturated rings. The zero-order valence-corrected chi connectivity index (χ0v) is 10.9. The van der Waals surface area contributed by atoms with E-state index in [9.17, 15) is 14.0 Å². The molecule has 1 aromatic rings. The second-order valence-corrected chi connectivity index (χ2v) is 3.86. The fourth-order valence-corrected chi connectivity index (χ4v) is 1.39. The fraction of sp³-hybridized carbons (Fsp3) is 0.417. The Bertz CT molecular complexity index is 454. The first-order valence-corrected chi connectivity index (χ1v) is 5.67. The summed E-state index contributed by atoms with van der Waals surface area (Å²) in [5, 5.41) is 2.57. The molecule has 104 valence electrons. The second-order valence-electron chi connectivity index (χ2n) is 3.86. The van der Waals surface area contributed by atoms with Crippen LogP contribution in [0.3, 0.4) is 0 Å². The molecule has 0 aromatic carbocycles. The number of hydrogen-bond donors (Lipinski definition) is 1. The first kappa shape index (κ1) is 15.0. The maximum Gasteiger partial charge on any atom is 0.257 e. The number of halogens is 1. The lowest BCUT2D eigenvalue weighted by atomic mass is 10.2. The van der Waals surface area contributed by atoms with E-state index in [1.165, 1.54) is 26.4 Å². The van der Waals surface area contributed by atoms with Crippen molar-refractivity contribution in [3.8, 4) is 0 Å². The summed E-state index contributed by atoms with van der Waals surface area (Å²) in [6.45, 7) is 0.605. The molecule has 6 nitrogen and oxygen atoms in total. The third-order valence-electron chi connectivity index (χ3n) is 2.36. The molecule has 7 heteroatoms. The standard InChI is InChI=1S/C12H16FN3O3/c1-16(8-11(17)15-5-6-19-2)12(18)9-3-4-14-7-10(9)13/h3-4,7H,5-6,8H2,1-2H3,(H,15,17). The highest BCUT2D eigenvalue weighted by Gasteiger charge is 2.17. The van der Waals surface area contributed by atoms with Gasteiger partial charge in [-0.05, 0) is 6.07 Å². The number of aromatic nitrogens is 1. The molecule has 0 atom stereocenters. The van der Waals surface area contributed by atoms with Gasteiger partial charge < -0.3 is 15.0 Å². The van der Waals surface area contributed by atoms with Crippen molar-refractivity contribution < 1.29 is 18.7 Å². The number of likely N-dealkylation sites (N-methyl/N-ethyl adjacent to an activating group) is 1. The van der Waals surface area contributed by atoms with Crippen LogP contribution in [-0.4, -0.2) is 55.6 Å². The van der Waals surface area contributed by atoms with Crippen LogP contribution in [0.5, 0.6) is 0 Å². The van der Waals surface area contributed by atoms with Crippen molar-refractivity contribution in [2.75, 3.05) is 33.9 Å². The Labute approximate surface area is 110 Å². The highest BCUT2D eigenvalue weighted by molar-refractivity contribution is 5.96. The number of ether oxygens (including phenoxy) is 1. The molecule has 0 aliphatic heterocycles. The van der Waals surface area contributed by atoms with Gasteiger partial charge in [-0.25, -0.2) is 4.39 Å². The molecule has 0 saturated carbocycles. The van der Waals surface area contributed by atoms with Crippen molar-refractivity contribution in [1.82, 2.24) is 15.2 Å². The zero-order chi connectivity index (χ0) is 14.3. The molecule has 1 N–H and O–H groups in total. The molecule has 0 aliphatic rings. The lowest BCUT2D eigenvalue weighted by molar-refractivity contribution is -0.121. The molecule has 0 spiro atoms. The normalized spacial score (nSPS) is 10.1. The number of rotatable bonds is 6. The molecular formula is C12H16FN3O3. The van der Waals surface area contributed by atoms with E-state index < -0.39 is 11.7 Å². The number of nitrogens with one attached hydrogen (secondary N) is 1. The SMILES string of the molecule is COCCNC(=O)CN(C)C(=O)c1ccncc1F. The summed E-state index contributed by atoms with van der Waals surface area (Å²) < 4.78 is 18.1. The van der Waals surface area contributed by atoms with Crippen molar-refractivity contribution >= 4 is 11.8 Å². The molecule has 0 bridgehead atoms. The number of amides is 2. The van der Waals surface area contributed by atoms with Crippen molar-refractivity contribution in [2.45, 2.75) is 0 Å². The van der Waals surface area contributed by atoms with Crippen LogP contribution in [-0.2, 0) is 9.53 Å². The van der Waals surface area contributed by atoms with Gasteiger partial charge in [0, 0.05) is 26.9 Å². The number of pyridine rings is 1. The first-order chi connectivity index (χ1) is 9.06. The number of hydrogen-bond acceptors (Lipinski definition) is 4. The highest BCUT2D eigenvalue weighted by atomic mass is 19.1. The Morgan fingerprint density at radius 3 is 2.89 bits per heavy atom. The Morgan fingerprint density at radius 2 is 2.26 bits per heavy atom. The number of nitrogens with zero attached hydrogens (tertiary/aromatic N) is 2. The van der Waals surface area contributed by atoms with E-state index >= 15 is 0 Å². The van der Waals surface area contributed by atoms with Crippen LogP contribution in [0.1, 0.15) is 10.4 Å². The summed E-state index contributed by atoms with van der Waals surface area (Å²) in [6, 6.07) is 1.27. The van der Waals surface area contributed by atoms with Gasteiger partial charge in [-0.3, -0.25) is 14.6 Å². The lowest BCUT2D eigenvalue weighted by Gasteiger charge is -2.16. The minimum atomic E-state index is -0.709. The van der Waals surface area contributed by atoms with Crippen molar-refractivity contribution in [3.63, 3.8) is 0 Å². The molecular weight excluding hydrogens is 253 g/mol. The summed E-state index contributed by atoms with van der Waals surface area (Å²) in [5.41, 5.74) is -0.109. The Morgan fingerprint density at radius 1 is 1.53 bits per heavy atom. The highest BCUT2D eigenvalue weighted by Crippen LogP contribution is 2.07. The van der Waals surface area contributed by atoms with Gasteiger partial charge in [0.25, 0.3) is 5.91 Å². The van der Waals surface area contributed by atoms with E-state index in [4.69, 9.17) is 4.74 Å². The second kappa shape index (κ2) is 7.42. The average molecular weight is 269 g/mol. The van der Waals surface area contributed by atoms with Crippen molar-refractivity contribution in [1.29, 1.82) is 0 Å². The average Bonchev–Trinajstić information content (AvgIpc) is 2.38. The molecule has 0 unspecified atom stereocenters. The van der Waals surface area contributed by atoms with Gasteiger partial charge in [-0.15, -0.1) is 0 Å². The minimum Gasteiger partial charge on any atom is -0.383 e. The van der Waals surface area contributed by atoms with E-state index in [2.05, 4.69) is 10.3 Å². The molecule has 0 radical (unpaired) electrons. The minimum absolute atomic E-state index is 0.109. The quantitative estimate of drug-likeness (QED) is 0.741. The predicted octanol–water partition coefficient (Wildman–Crippen LogP) is 0.0553. The van der Waals surface area contributed by atoms with Crippen LogP contribution in [0.2, 0.25) is 0 Å². The topological polar surface area (TPSA) is 71.5 Å². The third-order valence-corrected chi connectivity index (χ3v) is 2.36. The third kappa shape index (κ3) is 4.63. The first-order valence-electron chi connectivity index (χ1n) is 5.67. The van der Waals surface area contributed by atoms with Gasteiger partial charge in [-0.1, -0.05) is 0 Å². The molecule has 19 heavy (non-hydrogen) atoms. The largest absolute Gasteiger partial charge is 0.383 e. The van der Waals surface area contributed by atoms with Gasteiger partial charge >= 0.3 is 0 Å². The van der Waals surface area contributed by atoms with Crippen molar-refractivity contribution in [2.24, 2.45) is 0 Å². The molecule has 1 aromatic heterocycles. The van der Waals surface area contributed by atoms with Gasteiger partial charge in [0.2, 0.25) is 5.91 Å². The Kier molecular flexibility index (Phi) is 5.87. The summed E-state index contributed by atoms with van der Waals surface area (Å²) in [5.74, 6) is -1.61. The van der Waals surface area contributed by atoms with E-state index in [-0.39, 0.29) is 18.0 Å². The van der Waals surface area contributed by atoms with Crippen LogP contribution in [0.15, 0.2) is 18.5 Å². The summed E-state index contributed by atoms with van der Waals surface area (Å²) in [7, 11) is 2.95. The van der Waals surface area contributed by atoms with E-state index in [0.717, 1.165) is 11.1 Å². The molecule has 0 saturated heterocycles. The van der Waals surface area contributed by atoms with Crippen LogP contribution in [0, 0.1) is 5.82 Å². The molecule has 1 heterocycles. The van der Waals surface area contributed by atoms with E-state index in [0.29, 0.717) is 13.2 Å². The maximum atomic E-state index is 13.4. The zero-order valence-electron chi connectivity index (χ0n) is 10.9. The van der Waals surface area contributed by atoms with Crippen LogP contribution in [0.4, 0.5) is 4.39 Å². The van der Waals surface area contributed by atoms with Crippen LogP contribution in [0.25, 0.3) is 0 Å². The predicted molar refractivity (Wildman–Crippen MR) is 66.0 cm³/mol. The number of methoxy groups -OCH3 is 1. The fourth-order valence-electron chi connectivity index (χ4n) is 1.39. The van der Waals surface area contributed by atoms with Crippen LogP contribution < -0.4 is 5.32 Å². The van der Waals surface area contributed by atoms with E-state index in [1.54, 1.807) is 0 Å². The lowest BCUT2D eigenvalue weighted by Crippen LogP contribution is -2.39. The number of carbonyl (C=O) groups excluding carboxylic acids is 2. The molecule has 2 amide bonds. The molecule has 1 rings (SSSR count). The maximum absolute atomic E-state index is 13.4. The van der Waals surface area contributed by atoms with Gasteiger partial charge in [0.1, 0.15) is 0 Å². The Balaban J connectivity index is 2.54. The molecule has 0 aliphatic carbocycles. The summed E-state index contributed by atoms with van der Waals surface area (Å²) in [4.78, 5) is 28.1. The number of carbonyl (C=O) groups is 2. The van der Waals surface area contributed by atoms with Gasteiger partial charge in [0.15, 0.2) is 5.82 Å². The monoisotopic (exact) mass is 269 g/mol.